The van der Waals surface area contributed by atoms with Crippen LogP contribution in [0.25, 0.3) is 0 Å². The van der Waals surface area contributed by atoms with Gasteiger partial charge in [-0.3, -0.25) is 9.59 Å². The molecule has 1 aliphatic rings. The van der Waals surface area contributed by atoms with E-state index in [2.05, 4.69) is 10.1 Å². The van der Waals surface area contributed by atoms with E-state index in [1.54, 1.807) is 39.0 Å². The molecule has 0 fully saturated rings. The average Bonchev–Trinajstić information content (AvgIpc) is 2.57. The minimum Gasteiger partial charge on any atom is -0.482 e. The molecule has 0 bridgehead atoms. The van der Waals surface area contributed by atoms with Gasteiger partial charge in [-0.25, -0.2) is 4.79 Å². The maximum absolute atomic E-state index is 12.2. The summed E-state index contributed by atoms with van der Waals surface area (Å²) in [6.07, 6.45) is -0.438. The Kier molecular flexibility index (Phi) is 6.07. The molecule has 2 amide bonds. The Morgan fingerprint density at radius 3 is 2.69 bits per heavy atom. The zero-order valence-corrected chi connectivity index (χ0v) is 15.5. The number of carbonyl (C=O) groups is 3. The normalized spacial score (nSPS) is 13.5. The number of hydrogen-bond donors (Lipinski definition) is 1. The summed E-state index contributed by atoms with van der Waals surface area (Å²) < 4.78 is 15.2. The monoisotopic (exact) mass is 364 g/mol. The summed E-state index contributed by atoms with van der Waals surface area (Å²) in [6, 6.07) is 5.28. The zero-order chi connectivity index (χ0) is 19.3. The molecular formula is C18H24N2O6. The fourth-order valence-electron chi connectivity index (χ4n) is 2.40. The van der Waals surface area contributed by atoms with Gasteiger partial charge in [-0.2, -0.15) is 0 Å². The SMILES string of the molecule is COC(=O)CCN1C(=O)COc2ccc(CNC(=O)OC(C)(C)C)cc21. The first-order valence-corrected chi connectivity index (χ1v) is 8.29. The number of benzene rings is 1. The van der Waals surface area contributed by atoms with E-state index < -0.39 is 17.7 Å². The fraction of sp³-hybridized carbons (Fsp3) is 0.500. The lowest BCUT2D eigenvalue weighted by Crippen LogP contribution is -2.40. The minimum absolute atomic E-state index is 0.0797. The Hall–Kier alpha value is -2.77. The van der Waals surface area contributed by atoms with Crippen LogP contribution in [0.4, 0.5) is 10.5 Å². The smallest absolute Gasteiger partial charge is 0.407 e. The molecule has 0 unspecified atom stereocenters. The Bertz CT molecular complexity index is 695. The number of nitrogens with zero attached hydrogens (tertiary/aromatic N) is 1. The van der Waals surface area contributed by atoms with Crippen LogP contribution in [0.1, 0.15) is 32.8 Å². The van der Waals surface area contributed by atoms with Gasteiger partial charge in [-0.05, 0) is 38.5 Å². The average molecular weight is 364 g/mol. The third-order valence-electron chi connectivity index (χ3n) is 3.57. The van der Waals surface area contributed by atoms with Crippen molar-refractivity contribution in [1.29, 1.82) is 0 Å². The Morgan fingerprint density at radius 2 is 2.04 bits per heavy atom. The van der Waals surface area contributed by atoms with Crippen LogP contribution in [-0.2, 0) is 25.6 Å². The van der Waals surface area contributed by atoms with Crippen molar-refractivity contribution in [2.75, 3.05) is 25.2 Å². The number of anilines is 1. The third-order valence-corrected chi connectivity index (χ3v) is 3.57. The highest BCUT2D eigenvalue weighted by Gasteiger charge is 2.26. The van der Waals surface area contributed by atoms with Crippen molar-refractivity contribution in [3.63, 3.8) is 0 Å². The predicted octanol–water partition coefficient (Wildman–Crippen LogP) is 2.00. The van der Waals surface area contributed by atoms with Gasteiger partial charge in [0.25, 0.3) is 5.91 Å². The number of alkyl carbamates (subject to hydrolysis) is 1. The second-order valence-electron chi connectivity index (χ2n) is 6.82. The van der Waals surface area contributed by atoms with Gasteiger partial charge in [-0.15, -0.1) is 0 Å². The molecule has 8 nitrogen and oxygen atoms in total. The van der Waals surface area contributed by atoms with Gasteiger partial charge in [0.05, 0.1) is 19.2 Å². The lowest BCUT2D eigenvalue weighted by atomic mass is 10.1. The van der Waals surface area contributed by atoms with E-state index in [9.17, 15) is 14.4 Å². The molecule has 1 aromatic carbocycles. The van der Waals surface area contributed by atoms with Crippen molar-refractivity contribution in [1.82, 2.24) is 5.32 Å². The highest BCUT2D eigenvalue weighted by molar-refractivity contribution is 5.98. The number of ether oxygens (including phenoxy) is 3. The lowest BCUT2D eigenvalue weighted by Gasteiger charge is -2.29. The number of nitrogens with one attached hydrogen (secondary N) is 1. The largest absolute Gasteiger partial charge is 0.482 e. The molecule has 0 spiro atoms. The van der Waals surface area contributed by atoms with Crippen LogP contribution in [0.5, 0.6) is 5.75 Å². The minimum atomic E-state index is -0.578. The van der Waals surface area contributed by atoms with Crippen molar-refractivity contribution >= 4 is 23.7 Å². The van der Waals surface area contributed by atoms with Crippen molar-refractivity contribution in [2.45, 2.75) is 39.3 Å². The summed E-state index contributed by atoms with van der Waals surface area (Å²) in [4.78, 5) is 36.8. The fourth-order valence-corrected chi connectivity index (χ4v) is 2.40. The Morgan fingerprint density at radius 1 is 1.31 bits per heavy atom. The highest BCUT2D eigenvalue weighted by atomic mass is 16.6. The first-order chi connectivity index (χ1) is 12.2. The molecule has 0 aromatic heterocycles. The summed E-state index contributed by atoms with van der Waals surface area (Å²) in [5.74, 6) is -0.0808. The molecule has 2 rings (SSSR count). The molecule has 26 heavy (non-hydrogen) atoms. The Labute approximate surface area is 152 Å². The van der Waals surface area contributed by atoms with E-state index in [1.165, 1.54) is 12.0 Å². The first-order valence-electron chi connectivity index (χ1n) is 8.29. The van der Waals surface area contributed by atoms with Crippen LogP contribution >= 0.6 is 0 Å². The standard InChI is InChI=1S/C18H24N2O6/c1-18(2,3)26-17(23)19-10-12-5-6-14-13(9-12)20(15(21)11-25-14)8-7-16(22)24-4/h5-6,9H,7-8,10-11H2,1-4H3,(H,19,23). The molecule has 1 aromatic rings. The summed E-state index contributed by atoms with van der Waals surface area (Å²) in [6.45, 7) is 5.71. The van der Waals surface area contributed by atoms with Crippen molar-refractivity contribution < 1.29 is 28.6 Å². The van der Waals surface area contributed by atoms with E-state index >= 15 is 0 Å². The lowest BCUT2D eigenvalue weighted by molar-refractivity contribution is -0.140. The zero-order valence-electron chi connectivity index (χ0n) is 15.5. The van der Waals surface area contributed by atoms with Crippen LogP contribution < -0.4 is 15.0 Å². The number of esters is 1. The maximum Gasteiger partial charge on any atom is 0.407 e. The van der Waals surface area contributed by atoms with Crippen LogP contribution in [0, 0.1) is 0 Å². The van der Waals surface area contributed by atoms with Crippen LogP contribution in [0.15, 0.2) is 18.2 Å². The van der Waals surface area contributed by atoms with E-state index in [-0.39, 0.29) is 32.0 Å². The molecule has 1 heterocycles. The van der Waals surface area contributed by atoms with Gasteiger partial charge in [0.15, 0.2) is 6.61 Å². The Balaban J connectivity index is 2.08. The molecule has 8 heteroatoms. The molecule has 0 atom stereocenters. The van der Waals surface area contributed by atoms with Gasteiger partial charge in [-0.1, -0.05) is 6.07 Å². The number of carbonyl (C=O) groups excluding carboxylic acids is 3. The molecule has 142 valence electrons. The van der Waals surface area contributed by atoms with E-state index in [1.807, 2.05) is 0 Å². The van der Waals surface area contributed by atoms with E-state index in [0.29, 0.717) is 11.4 Å². The summed E-state index contributed by atoms with van der Waals surface area (Å²) in [7, 11) is 1.30. The number of fused-ring (bicyclic) bond motifs is 1. The topological polar surface area (TPSA) is 94.2 Å². The predicted molar refractivity (Wildman–Crippen MR) is 94.0 cm³/mol. The van der Waals surface area contributed by atoms with Crippen LogP contribution in [0.3, 0.4) is 0 Å². The number of hydrogen-bond acceptors (Lipinski definition) is 6. The van der Waals surface area contributed by atoms with Crippen molar-refractivity contribution in [3.05, 3.63) is 23.8 Å². The molecule has 0 saturated heterocycles. The highest BCUT2D eigenvalue weighted by Crippen LogP contribution is 2.33. The molecule has 1 N–H and O–H groups in total. The van der Waals surface area contributed by atoms with Crippen molar-refractivity contribution in [3.8, 4) is 5.75 Å². The van der Waals surface area contributed by atoms with Gasteiger partial charge < -0.3 is 24.4 Å². The maximum atomic E-state index is 12.2. The van der Waals surface area contributed by atoms with Gasteiger partial charge in [0.1, 0.15) is 11.4 Å². The number of rotatable bonds is 5. The summed E-state index contributed by atoms with van der Waals surface area (Å²) >= 11 is 0. The molecule has 1 aliphatic heterocycles. The third kappa shape index (κ3) is 5.37. The van der Waals surface area contributed by atoms with Crippen LogP contribution in [0.2, 0.25) is 0 Å². The summed E-state index contributed by atoms with van der Waals surface area (Å²) in [5, 5.41) is 2.67. The number of amides is 2. The molecule has 0 radical (unpaired) electrons. The molecular weight excluding hydrogens is 340 g/mol. The molecule has 0 saturated carbocycles. The summed E-state index contributed by atoms with van der Waals surface area (Å²) in [5.41, 5.74) is 0.759. The second kappa shape index (κ2) is 8.07. The first kappa shape index (κ1) is 19.6. The van der Waals surface area contributed by atoms with Gasteiger partial charge >= 0.3 is 12.1 Å². The van der Waals surface area contributed by atoms with Crippen molar-refractivity contribution in [2.24, 2.45) is 0 Å². The number of methoxy groups -OCH3 is 1. The second-order valence-corrected chi connectivity index (χ2v) is 6.82. The molecule has 0 aliphatic carbocycles. The van der Waals surface area contributed by atoms with Gasteiger partial charge in [0, 0.05) is 13.1 Å². The van der Waals surface area contributed by atoms with Gasteiger partial charge in [0.2, 0.25) is 0 Å². The van der Waals surface area contributed by atoms with E-state index in [0.717, 1.165) is 5.56 Å². The quantitative estimate of drug-likeness (QED) is 0.803. The van der Waals surface area contributed by atoms with E-state index in [4.69, 9.17) is 9.47 Å². The van der Waals surface area contributed by atoms with Crippen LogP contribution in [-0.4, -0.2) is 43.8 Å².